The zero-order chi connectivity index (χ0) is 8.81. The number of allylic oxidation sites excluding steroid dienone is 1. The maximum absolute atomic E-state index is 10.9. The topological polar surface area (TPSA) is 43.4 Å². The van der Waals surface area contributed by atoms with Crippen molar-refractivity contribution in [2.75, 3.05) is 0 Å². The van der Waals surface area contributed by atoms with E-state index in [4.69, 9.17) is 4.74 Å². The van der Waals surface area contributed by atoms with Gasteiger partial charge in [-0.1, -0.05) is 0 Å². The van der Waals surface area contributed by atoms with E-state index in [0.717, 1.165) is 19.3 Å². The highest BCUT2D eigenvalue weighted by molar-refractivity contribution is 5.70. The van der Waals surface area contributed by atoms with Gasteiger partial charge in [0.05, 0.1) is 0 Å². The molecule has 1 unspecified atom stereocenters. The summed E-state index contributed by atoms with van der Waals surface area (Å²) >= 11 is 0. The Balaban J connectivity index is 2.46. The highest BCUT2D eigenvalue weighted by atomic mass is 16.5. The van der Waals surface area contributed by atoms with E-state index in [1.165, 1.54) is 6.08 Å². The molecule has 1 aliphatic rings. The third-order valence-electron chi connectivity index (χ3n) is 1.81. The molecule has 0 N–H and O–H groups in total. The average molecular weight is 168 g/mol. The van der Waals surface area contributed by atoms with E-state index in [1.54, 1.807) is 6.08 Å². The van der Waals surface area contributed by atoms with Gasteiger partial charge in [-0.2, -0.15) is 0 Å². The van der Waals surface area contributed by atoms with Gasteiger partial charge in [0.2, 0.25) is 0 Å². The molecule has 0 radical (unpaired) electrons. The van der Waals surface area contributed by atoms with E-state index in [2.05, 4.69) is 0 Å². The van der Waals surface area contributed by atoms with Crippen LogP contribution in [0.25, 0.3) is 0 Å². The molecule has 1 heterocycles. The number of carbonyl (C=O) groups excluding carboxylic acids is 2. The average Bonchev–Trinajstić information content (AvgIpc) is 2.26. The predicted octanol–water partition coefficient (Wildman–Crippen LogP) is 1.23. The molecule has 0 aromatic rings. The molecule has 0 aromatic carbocycles. The maximum Gasteiger partial charge on any atom is 0.306 e. The van der Waals surface area contributed by atoms with Crippen molar-refractivity contribution in [2.45, 2.75) is 31.8 Å². The second-order valence-corrected chi connectivity index (χ2v) is 2.80. The number of esters is 1. The van der Waals surface area contributed by atoms with Crippen molar-refractivity contribution < 1.29 is 14.3 Å². The number of rotatable bonds is 2. The Kier molecular flexibility index (Phi) is 3.51. The van der Waals surface area contributed by atoms with E-state index >= 15 is 0 Å². The van der Waals surface area contributed by atoms with Crippen molar-refractivity contribution >= 4 is 12.3 Å². The number of ether oxygens (including phenoxy) is 1. The van der Waals surface area contributed by atoms with Crippen LogP contribution in [0.1, 0.15) is 25.7 Å². The first-order chi connectivity index (χ1) is 5.83. The summed E-state index contributed by atoms with van der Waals surface area (Å²) < 4.78 is 5.03. The maximum atomic E-state index is 10.9. The van der Waals surface area contributed by atoms with E-state index in [9.17, 15) is 9.59 Å². The van der Waals surface area contributed by atoms with Crippen LogP contribution in [0.5, 0.6) is 0 Å². The molecule has 3 nitrogen and oxygen atoms in total. The van der Waals surface area contributed by atoms with Crippen LogP contribution in [0, 0.1) is 0 Å². The van der Waals surface area contributed by atoms with Crippen LogP contribution in [0.15, 0.2) is 12.2 Å². The molecular formula is C9H12O3. The number of aldehydes is 1. The molecule has 1 atom stereocenters. The quantitative estimate of drug-likeness (QED) is 0.354. The fourth-order valence-electron chi connectivity index (χ4n) is 1.21. The number of hydrogen-bond acceptors (Lipinski definition) is 3. The van der Waals surface area contributed by atoms with Crippen LogP contribution in [0.3, 0.4) is 0 Å². The fourth-order valence-corrected chi connectivity index (χ4v) is 1.21. The molecule has 0 aromatic heterocycles. The van der Waals surface area contributed by atoms with Crippen molar-refractivity contribution in [2.24, 2.45) is 0 Å². The first-order valence-corrected chi connectivity index (χ1v) is 4.14. The Morgan fingerprint density at radius 1 is 1.42 bits per heavy atom. The van der Waals surface area contributed by atoms with Gasteiger partial charge in [0.1, 0.15) is 12.4 Å². The molecule has 1 aliphatic heterocycles. The highest BCUT2D eigenvalue weighted by Gasteiger charge is 2.15. The lowest BCUT2D eigenvalue weighted by molar-refractivity contribution is -0.145. The first-order valence-electron chi connectivity index (χ1n) is 4.14. The molecule has 0 bridgehead atoms. The van der Waals surface area contributed by atoms with E-state index in [1.807, 2.05) is 0 Å². The highest BCUT2D eigenvalue weighted by Crippen LogP contribution is 2.14. The van der Waals surface area contributed by atoms with Gasteiger partial charge < -0.3 is 4.74 Å². The van der Waals surface area contributed by atoms with Crippen LogP contribution in [0.4, 0.5) is 0 Å². The number of hydrogen-bond donors (Lipinski definition) is 0. The van der Waals surface area contributed by atoms with Gasteiger partial charge >= 0.3 is 5.97 Å². The van der Waals surface area contributed by atoms with Gasteiger partial charge in [0.15, 0.2) is 0 Å². The van der Waals surface area contributed by atoms with Crippen LogP contribution < -0.4 is 0 Å². The first kappa shape index (κ1) is 8.97. The molecule has 0 spiro atoms. The Hall–Kier alpha value is -1.12. The Labute approximate surface area is 71.4 Å². The summed E-state index contributed by atoms with van der Waals surface area (Å²) in [7, 11) is 0. The second-order valence-electron chi connectivity index (χ2n) is 2.80. The minimum absolute atomic E-state index is 0.159. The van der Waals surface area contributed by atoms with Crippen molar-refractivity contribution in [3.8, 4) is 0 Å². The van der Waals surface area contributed by atoms with Gasteiger partial charge in [0, 0.05) is 6.42 Å². The third-order valence-corrected chi connectivity index (χ3v) is 1.81. The summed E-state index contributed by atoms with van der Waals surface area (Å²) in [5.41, 5.74) is 0. The molecule has 0 aliphatic carbocycles. The van der Waals surface area contributed by atoms with E-state index in [-0.39, 0.29) is 12.1 Å². The number of carbonyl (C=O) groups is 2. The van der Waals surface area contributed by atoms with Crippen molar-refractivity contribution in [3.05, 3.63) is 12.2 Å². The van der Waals surface area contributed by atoms with Crippen molar-refractivity contribution in [3.63, 3.8) is 0 Å². The molecule has 0 amide bonds. The van der Waals surface area contributed by atoms with Crippen LogP contribution in [-0.4, -0.2) is 18.4 Å². The fraction of sp³-hybridized carbons (Fsp3) is 0.556. The molecular weight excluding hydrogens is 156 g/mol. The predicted molar refractivity (Wildman–Crippen MR) is 43.6 cm³/mol. The SMILES string of the molecule is O=CC=CC1CCCCC(=O)O1. The summed E-state index contributed by atoms with van der Waals surface area (Å²) in [6.07, 6.45) is 6.73. The van der Waals surface area contributed by atoms with Crippen LogP contribution in [0.2, 0.25) is 0 Å². The Morgan fingerprint density at radius 2 is 2.25 bits per heavy atom. The summed E-state index contributed by atoms with van der Waals surface area (Å²) in [5, 5.41) is 0. The monoisotopic (exact) mass is 168 g/mol. The molecule has 12 heavy (non-hydrogen) atoms. The van der Waals surface area contributed by atoms with Gasteiger partial charge in [0.25, 0.3) is 0 Å². The molecule has 3 heteroatoms. The number of cyclic esters (lactones) is 1. The minimum atomic E-state index is -0.190. The minimum Gasteiger partial charge on any atom is -0.458 e. The Morgan fingerprint density at radius 3 is 3.00 bits per heavy atom. The van der Waals surface area contributed by atoms with Gasteiger partial charge in [-0.15, -0.1) is 0 Å². The standard InChI is InChI=1S/C9H12O3/c10-7-3-5-8-4-1-2-6-9(11)12-8/h3,5,7-8H,1-2,4,6H2. The lowest BCUT2D eigenvalue weighted by Gasteiger charge is -2.08. The van der Waals surface area contributed by atoms with Gasteiger partial charge in [-0.3, -0.25) is 9.59 Å². The zero-order valence-electron chi connectivity index (χ0n) is 6.86. The normalized spacial score (nSPS) is 25.0. The largest absolute Gasteiger partial charge is 0.458 e. The van der Waals surface area contributed by atoms with Gasteiger partial charge in [-0.05, 0) is 31.4 Å². The zero-order valence-corrected chi connectivity index (χ0v) is 6.86. The van der Waals surface area contributed by atoms with E-state index < -0.39 is 0 Å². The summed E-state index contributed by atoms with van der Waals surface area (Å²) in [4.78, 5) is 20.9. The van der Waals surface area contributed by atoms with E-state index in [0.29, 0.717) is 12.7 Å². The van der Waals surface area contributed by atoms with Crippen LogP contribution in [-0.2, 0) is 14.3 Å². The smallest absolute Gasteiger partial charge is 0.306 e. The summed E-state index contributed by atoms with van der Waals surface area (Å²) in [5.74, 6) is -0.159. The summed E-state index contributed by atoms with van der Waals surface area (Å²) in [6.45, 7) is 0. The van der Waals surface area contributed by atoms with Gasteiger partial charge in [-0.25, -0.2) is 0 Å². The summed E-state index contributed by atoms with van der Waals surface area (Å²) in [6, 6.07) is 0. The molecule has 1 saturated heterocycles. The third kappa shape index (κ3) is 2.86. The molecule has 1 fully saturated rings. The lowest BCUT2D eigenvalue weighted by atomic mass is 10.1. The molecule has 1 rings (SSSR count). The Bertz CT molecular complexity index is 196. The van der Waals surface area contributed by atoms with Crippen LogP contribution >= 0.6 is 0 Å². The van der Waals surface area contributed by atoms with Crippen molar-refractivity contribution in [1.29, 1.82) is 0 Å². The molecule has 0 saturated carbocycles. The molecule has 66 valence electrons. The second kappa shape index (κ2) is 4.70. The lowest BCUT2D eigenvalue weighted by Crippen LogP contribution is -2.12. The van der Waals surface area contributed by atoms with Crippen molar-refractivity contribution in [1.82, 2.24) is 0 Å².